The number of hydrogen-bond acceptors (Lipinski definition) is 2. The van der Waals surface area contributed by atoms with Crippen molar-refractivity contribution in [2.24, 2.45) is 0 Å². The van der Waals surface area contributed by atoms with Crippen LogP contribution in [-0.4, -0.2) is 9.97 Å². The number of nitrogens with zero attached hydrogens (tertiary/aromatic N) is 2. The predicted molar refractivity (Wildman–Crippen MR) is 67.4 cm³/mol. The Morgan fingerprint density at radius 1 is 1.29 bits per heavy atom. The zero-order valence-electron chi connectivity index (χ0n) is 10.3. The Morgan fingerprint density at radius 2 is 2.00 bits per heavy atom. The molecule has 86 valence electrons. The Bertz CT molecular complexity index is 573. The van der Waals surface area contributed by atoms with Crippen LogP contribution >= 0.6 is 0 Å². The molecule has 1 aromatic heterocycles. The molecule has 1 aromatic carbocycles. The van der Waals surface area contributed by atoms with Crippen molar-refractivity contribution in [2.75, 3.05) is 0 Å². The quantitative estimate of drug-likeness (QED) is 0.853. The minimum absolute atomic E-state index is 0.582. The molecule has 1 heterocycles. The van der Waals surface area contributed by atoms with Crippen molar-refractivity contribution in [3.63, 3.8) is 0 Å². The molecule has 0 amide bonds. The summed E-state index contributed by atoms with van der Waals surface area (Å²) in [6, 6.07) is 10.4. The van der Waals surface area contributed by atoms with Crippen molar-refractivity contribution in [1.82, 2.24) is 9.97 Å². The second-order valence-corrected chi connectivity index (χ2v) is 4.70. The highest BCUT2D eigenvalue weighted by molar-refractivity contribution is 5.62. The van der Waals surface area contributed by atoms with Gasteiger partial charge in [0.15, 0.2) is 0 Å². The lowest BCUT2D eigenvalue weighted by Crippen LogP contribution is -2.15. The van der Waals surface area contributed by atoms with E-state index in [4.69, 9.17) is 5.26 Å². The summed E-state index contributed by atoms with van der Waals surface area (Å²) >= 11 is 0. The standard InChI is InChI=1S/C14H15N3/c1-10-6-4-5-7-11(10)12-8-16-13(17-12)14(2,3)9-15/h4-8H,1-3H3,(H,16,17). The zero-order chi connectivity index (χ0) is 12.5. The molecule has 1 N–H and O–H groups in total. The highest BCUT2D eigenvalue weighted by atomic mass is 14.9. The molecular weight excluding hydrogens is 210 g/mol. The molecule has 0 aliphatic heterocycles. The third kappa shape index (κ3) is 2.07. The van der Waals surface area contributed by atoms with E-state index in [1.807, 2.05) is 32.0 Å². The lowest BCUT2D eigenvalue weighted by Gasteiger charge is -2.10. The number of nitriles is 1. The molecule has 0 atom stereocenters. The number of imidazole rings is 1. The average Bonchev–Trinajstić information content (AvgIpc) is 2.79. The fourth-order valence-corrected chi connectivity index (χ4v) is 1.70. The van der Waals surface area contributed by atoms with Crippen molar-refractivity contribution >= 4 is 0 Å². The van der Waals surface area contributed by atoms with Gasteiger partial charge in [-0.1, -0.05) is 24.3 Å². The molecule has 0 saturated heterocycles. The molecule has 0 spiro atoms. The molecule has 0 unspecified atom stereocenters. The van der Waals surface area contributed by atoms with Crippen molar-refractivity contribution in [2.45, 2.75) is 26.2 Å². The van der Waals surface area contributed by atoms with E-state index in [-0.39, 0.29) is 0 Å². The Kier molecular flexibility index (Phi) is 2.72. The van der Waals surface area contributed by atoms with Crippen LogP contribution in [0.3, 0.4) is 0 Å². The van der Waals surface area contributed by atoms with Crippen molar-refractivity contribution < 1.29 is 0 Å². The lowest BCUT2D eigenvalue weighted by molar-refractivity contribution is 0.640. The van der Waals surface area contributed by atoms with Gasteiger partial charge in [0.05, 0.1) is 18.0 Å². The van der Waals surface area contributed by atoms with E-state index in [2.05, 4.69) is 29.0 Å². The van der Waals surface area contributed by atoms with Crippen molar-refractivity contribution in [3.05, 3.63) is 41.9 Å². The van der Waals surface area contributed by atoms with Gasteiger partial charge in [0.2, 0.25) is 0 Å². The highest BCUT2D eigenvalue weighted by Crippen LogP contribution is 2.25. The van der Waals surface area contributed by atoms with Gasteiger partial charge in [0.1, 0.15) is 11.2 Å². The van der Waals surface area contributed by atoms with E-state index >= 15 is 0 Å². The van der Waals surface area contributed by atoms with E-state index in [1.165, 1.54) is 5.56 Å². The Labute approximate surface area is 101 Å². The molecule has 0 aliphatic rings. The van der Waals surface area contributed by atoms with E-state index in [1.54, 1.807) is 6.20 Å². The third-order valence-corrected chi connectivity index (χ3v) is 2.88. The smallest absolute Gasteiger partial charge is 0.126 e. The molecule has 2 rings (SSSR count). The van der Waals surface area contributed by atoms with E-state index < -0.39 is 5.41 Å². The maximum atomic E-state index is 9.07. The molecule has 2 aromatic rings. The first kappa shape index (κ1) is 11.4. The number of nitrogens with one attached hydrogen (secondary N) is 1. The summed E-state index contributed by atoms with van der Waals surface area (Å²) in [6.45, 7) is 5.77. The first-order valence-corrected chi connectivity index (χ1v) is 5.57. The average molecular weight is 225 g/mol. The van der Waals surface area contributed by atoms with Gasteiger partial charge >= 0.3 is 0 Å². The summed E-state index contributed by atoms with van der Waals surface area (Å²) in [5.74, 6) is 0.707. The predicted octanol–water partition coefficient (Wildman–Crippen LogP) is 3.19. The number of aromatic nitrogens is 2. The summed E-state index contributed by atoms with van der Waals surface area (Å²) in [4.78, 5) is 7.53. The fourth-order valence-electron chi connectivity index (χ4n) is 1.70. The summed E-state index contributed by atoms with van der Waals surface area (Å²) in [6.07, 6.45) is 1.79. The van der Waals surface area contributed by atoms with Gasteiger partial charge in [-0.25, -0.2) is 4.98 Å². The molecule has 0 aliphatic carbocycles. The normalized spacial score (nSPS) is 11.2. The summed E-state index contributed by atoms with van der Waals surface area (Å²) < 4.78 is 0. The van der Waals surface area contributed by atoms with Gasteiger partial charge in [-0.05, 0) is 26.3 Å². The third-order valence-electron chi connectivity index (χ3n) is 2.88. The zero-order valence-corrected chi connectivity index (χ0v) is 10.3. The lowest BCUT2D eigenvalue weighted by atomic mass is 9.95. The monoisotopic (exact) mass is 225 g/mol. The minimum atomic E-state index is -0.582. The van der Waals surface area contributed by atoms with Crippen LogP contribution in [0.2, 0.25) is 0 Å². The van der Waals surface area contributed by atoms with Gasteiger partial charge in [-0.15, -0.1) is 0 Å². The largest absolute Gasteiger partial charge is 0.341 e. The maximum Gasteiger partial charge on any atom is 0.126 e. The van der Waals surface area contributed by atoms with Crippen LogP contribution in [-0.2, 0) is 5.41 Å². The number of aryl methyl sites for hydroxylation is 1. The Morgan fingerprint density at radius 3 is 2.65 bits per heavy atom. The second kappa shape index (κ2) is 4.06. The summed E-state index contributed by atoms with van der Waals surface area (Å²) in [7, 11) is 0. The van der Waals surface area contributed by atoms with Crippen LogP contribution in [0.5, 0.6) is 0 Å². The van der Waals surface area contributed by atoms with Gasteiger partial charge < -0.3 is 4.98 Å². The van der Waals surface area contributed by atoms with Crippen LogP contribution in [0.4, 0.5) is 0 Å². The van der Waals surface area contributed by atoms with Crippen LogP contribution in [0.1, 0.15) is 25.2 Å². The molecule has 3 heteroatoms. The number of aromatic amines is 1. The first-order chi connectivity index (χ1) is 8.04. The SMILES string of the molecule is Cc1ccccc1-c1cnc(C(C)(C)C#N)[nH]1. The maximum absolute atomic E-state index is 9.07. The Hall–Kier alpha value is -2.08. The van der Waals surface area contributed by atoms with Gasteiger partial charge in [0, 0.05) is 5.56 Å². The first-order valence-electron chi connectivity index (χ1n) is 5.57. The molecule has 0 saturated carbocycles. The summed E-state index contributed by atoms with van der Waals surface area (Å²) in [5, 5.41) is 9.07. The topological polar surface area (TPSA) is 52.5 Å². The second-order valence-electron chi connectivity index (χ2n) is 4.70. The van der Waals surface area contributed by atoms with Crippen molar-refractivity contribution in [3.8, 4) is 17.3 Å². The number of benzene rings is 1. The van der Waals surface area contributed by atoms with E-state index in [9.17, 15) is 0 Å². The number of H-pyrrole nitrogens is 1. The van der Waals surface area contributed by atoms with Gasteiger partial charge in [0.25, 0.3) is 0 Å². The molecule has 3 nitrogen and oxygen atoms in total. The number of rotatable bonds is 2. The number of hydrogen-bond donors (Lipinski definition) is 1. The van der Waals surface area contributed by atoms with Crippen LogP contribution < -0.4 is 0 Å². The molecule has 0 fully saturated rings. The molecular formula is C14H15N3. The van der Waals surface area contributed by atoms with Gasteiger partial charge in [-0.3, -0.25) is 0 Å². The Balaban J connectivity index is 2.45. The minimum Gasteiger partial charge on any atom is -0.341 e. The highest BCUT2D eigenvalue weighted by Gasteiger charge is 2.23. The molecule has 0 bridgehead atoms. The van der Waals surface area contributed by atoms with Crippen LogP contribution in [0, 0.1) is 18.3 Å². The van der Waals surface area contributed by atoms with E-state index in [0.717, 1.165) is 11.3 Å². The van der Waals surface area contributed by atoms with Crippen molar-refractivity contribution in [1.29, 1.82) is 5.26 Å². The van der Waals surface area contributed by atoms with Crippen LogP contribution in [0.25, 0.3) is 11.3 Å². The van der Waals surface area contributed by atoms with Gasteiger partial charge in [-0.2, -0.15) is 5.26 Å². The summed E-state index contributed by atoms with van der Waals surface area (Å²) in [5.41, 5.74) is 2.69. The molecule has 0 radical (unpaired) electrons. The fraction of sp³-hybridized carbons (Fsp3) is 0.286. The van der Waals surface area contributed by atoms with Crippen LogP contribution in [0.15, 0.2) is 30.5 Å². The van der Waals surface area contributed by atoms with E-state index in [0.29, 0.717) is 5.82 Å². The molecule has 17 heavy (non-hydrogen) atoms.